The number of rotatable bonds is 25. The van der Waals surface area contributed by atoms with E-state index in [0.717, 1.165) is 0 Å². The maximum atomic E-state index is 12.9. The second-order valence-electron chi connectivity index (χ2n) is 14.2. The molecule has 20 heteroatoms. The van der Waals surface area contributed by atoms with Gasteiger partial charge < -0.3 is 58.5 Å². The fourth-order valence-corrected chi connectivity index (χ4v) is 4.76. The maximum Gasteiger partial charge on any atom is 0.322 e. The summed E-state index contributed by atoms with van der Waals surface area (Å²) < 4.78 is 0. The number of carboxylic acids is 1. The van der Waals surface area contributed by atoms with E-state index in [1.807, 2.05) is 13.8 Å². The predicted molar refractivity (Wildman–Crippen MR) is 196 cm³/mol. The van der Waals surface area contributed by atoms with Crippen LogP contribution in [0.25, 0.3) is 0 Å². The van der Waals surface area contributed by atoms with Crippen LogP contribution in [0.1, 0.15) is 74.7 Å². The van der Waals surface area contributed by atoms with Crippen molar-refractivity contribution in [3.63, 3.8) is 0 Å². The Hall–Kier alpha value is -4.85. The standard InChI is InChI=1S/C34H61N9O11/c1-9-20(8)28(35)33(53)43-29(19(6)7)34(54)38-14-26(47)40-21(10-17(2)3)30(50)37-12-24(45)36-13-25(46)41-23(16-44)32(52)42-22(11-18(4)5)31(51)39-15-27(48)49/h17-23,28-29,44H,9-16,35H2,1-8H3,(H,36,45)(H,37,50)(H,38,54)(H,39,51)(H,40,47)(H,41,46)(H,42,52)(H,43,53)(H,48,49). The normalized spacial score (nSPS) is 14.4. The highest BCUT2D eigenvalue weighted by molar-refractivity contribution is 5.96. The molecule has 20 nitrogen and oxygen atoms in total. The average molecular weight is 772 g/mol. The van der Waals surface area contributed by atoms with E-state index in [1.165, 1.54) is 0 Å². The first-order valence-corrected chi connectivity index (χ1v) is 18.0. The smallest absolute Gasteiger partial charge is 0.322 e. The Balaban J connectivity index is 5.11. The number of aliphatic hydroxyl groups excluding tert-OH is 1. The molecule has 0 aromatic heterocycles. The predicted octanol–water partition coefficient (Wildman–Crippen LogP) is -3.41. The van der Waals surface area contributed by atoms with Gasteiger partial charge in [0.2, 0.25) is 47.3 Å². The molecule has 0 heterocycles. The Kier molecular flexibility index (Phi) is 23.0. The monoisotopic (exact) mass is 771 g/mol. The average Bonchev–Trinajstić information content (AvgIpc) is 3.09. The Morgan fingerprint density at radius 2 is 0.981 bits per heavy atom. The molecule has 0 aliphatic rings. The molecule has 0 rings (SSSR count). The Bertz CT molecular complexity index is 1310. The van der Waals surface area contributed by atoms with Crippen LogP contribution in [-0.2, 0) is 43.2 Å². The second kappa shape index (κ2) is 25.2. The summed E-state index contributed by atoms with van der Waals surface area (Å²) in [5, 5.41) is 37.5. The van der Waals surface area contributed by atoms with Gasteiger partial charge in [0.05, 0.1) is 32.3 Å². The second-order valence-corrected chi connectivity index (χ2v) is 14.2. The van der Waals surface area contributed by atoms with Gasteiger partial charge in [-0.3, -0.25) is 43.2 Å². The van der Waals surface area contributed by atoms with E-state index in [0.29, 0.717) is 6.42 Å². The van der Waals surface area contributed by atoms with Crippen LogP contribution < -0.4 is 48.3 Å². The van der Waals surface area contributed by atoms with Crippen molar-refractivity contribution in [2.24, 2.45) is 29.4 Å². The number of nitrogens with two attached hydrogens (primary N) is 1. The first-order valence-electron chi connectivity index (χ1n) is 18.0. The van der Waals surface area contributed by atoms with Crippen LogP contribution in [0, 0.1) is 23.7 Å². The minimum Gasteiger partial charge on any atom is -0.480 e. The summed E-state index contributed by atoms with van der Waals surface area (Å²) in [6.07, 6.45) is 0.980. The summed E-state index contributed by atoms with van der Waals surface area (Å²) >= 11 is 0. The first-order chi connectivity index (χ1) is 25.1. The van der Waals surface area contributed by atoms with Crippen LogP contribution in [0.4, 0.5) is 0 Å². The lowest BCUT2D eigenvalue weighted by Gasteiger charge is -2.25. The van der Waals surface area contributed by atoms with Crippen LogP contribution in [0.2, 0.25) is 0 Å². The Morgan fingerprint density at radius 3 is 1.44 bits per heavy atom. The van der Waals surface area contributed by atoms with Gasteiger partial charge in [0.15, 0.2) is 0 Å². The molecular formula is C34H61N9O11. The largest absolute Gasteiger partial charge is 0.480 e. The molecule has 0 radical (unpaired) electrons. The van der Waals surface area contributed by atoms with Gasteiger partial charge in [-0.15, -0.1) is 0 Å². The van der Waals surface area contributed by atoms with Gasteiger partial charge in [-0.2, -0.15) is 0 Å². The van der Waals surface area contributed by atoms with Crippen LogP contribution in [0.5, 0.6) is 0 Å². The Labute approximate surface area is 316 Å². The van der Waals surface area contributed by atoms with Crippen LogP contribution in [-0.4, -0.2) is 126 Å². The van der Waals surface area contributed by atoms with Gasteiger partial charge in [-0.25, -0.2) is 0 Å². The number of carbonyl (C=O) groups is 9. The molecule has 0 aliphatic heterocycles. The summed E-state index contributed by atoms with van der Waals surface area (Å²) in [5.74, 6) is -7.77. The van der Waals surface area contributed by atoms with E-state index < -0.39 is 116 Å². The van der Waals surface area contributed by atoms with Gasteiger partial charge in [0.1, 0.15) is 30.7 Å². The zero-order chi connectivity index (χ0) is 41.7. The number of aliphatic hydroxyl groups is 1. The molecule has 0 saturated carbocycles. The summed E-state index contributed by atoms with van der Waals surface area (Å²) in [7, 11) is 0. The van der Waals surface area contributed by atoms with E-state index >= 15 is 0 Å². The number of nitrogens with one attached hydrogen (secondary N) is 8. The van der Waals surface area contributed by atoms with Gasteiger partial charge in [-0.05, 0) is 36.5 Å². The van der Waals surface area contributed by atoms with E-state index in [2.05, 4.69) is 42.5 Å². The molecule has 0 spiro atoms. The minimum absolute atomic E-state index is 0.0696. The number of amides is 8. The number of hydrogen-bond acceptors (Lipinski definition) is 11. The van der Waals surface area contributed by atoms with Crippen LogP contribution in [0.15, 0.2) is 0 Å². The van der Waals surface area contributed by atoms with Crippen molar-refractivity contribution in [2.75, 3.05) is 32.8 Å². The molecule has 0 aromatic rings. The van der Waals surface area contributed by atoms with Crippen LogP contribution in [0.3, 0.4) is 0 Å². The summed E-state index contributed by atoms with van der Waals surface area (Å²) in [4.78, 5) is 112. The highest BCUT2D eigenvalue weighted by atomic mass is 16.4. The van der Waals surface area contributed by atoms with E-state index in [1.54, 1.807) is 41.5 Å². The van der Waals surface area contributed by atoms with Crippen molar-refractivity contribution >= 4 is 53.2 Å². The topological polar surface area (TPSA) is 316 Å². The summed E-state index contributed by atoms with van der Waals surface area (Å²) in [6.45, 7) is 11.0. The molecule has 0 fully saturated rings. The van der Waals surface area contributed by atoms with Crippen molar-refractivity contribution in [3.8, 4) is 0 Å². The lowest BCUT2D eigenvalue weighted by atomic mass is 9.97. The third-order valence-electron chi connectivity index (χ3n) is 8.05. The van der Waals surface area contributed by atoms with Crippen molar-refractivity contribution in [2.45, 2.75) is 105 Å². The van der Waals surface area contributed by atoms with Crippen LogP contribution >= 0.6 is 0 Å². The number of aliphatic carboxylic acids is 1. The fraction of sp³-hybridized carbons (Fsp3) is 0.735. The fourth-order valence-electron chi connectivity index (χ4n) is 4.76. The molecule has 8 amide bonds. The lowest BCUT2D eigenvalue weighted by molar-refractivity contribution is -0.138. The molecule has 0 saturated heterocycles. The van der Waals surface area contributed by atoms with Gasteiger partial charge in [0.25, 0.3) is 0 Å². The Morgan fingerprint density at radius 1 is 0.537 bits per heavy atom. The number of carboxylic acid groups (broad SMARTS) is 1. The highest BCUT2D eigenvalue weighted by Gasteiger charge is 2.30. The molecule has 54 heavy (non-hydrogen) atoms. The maximum absolute atomic E-state index is 12.9. The molecule has 0 aliphatic carbocycles. The molecule has 308 valence electrons. The van der Waals surface area contributed by atoms with Gasteiger partial charge in [0, 0.05) is 0 Å². The molecular weight excluding hydrogens is 710 g/mol. The number of hydrogen-bond donors (Lipinski definition) is 11. The van der Waals surface area contributed by atoms with Gasteiger partial charge in [-0.1, -0.05) is 61.8 Å². The van der Waals surface area contributed by atoms with Gasteiger partial charge >= 0.3 is 5.97 Å². The zero-order valence-electron chi connectivity index (χ0n) is 32.5. The third-order valence-corrected chi connectivity index (χ3v) is 8.05. The van der Waals surface area contributed by atoms with E-state index in [9.17, 15) is 48.3 Å². The first kappa shape index (κ1) is 49.1. The number of carbonyl (C=O) groups excluding carboxylic acids is 8. The minimum atomic E-state index is -1.51. The lowest BCUT2D eigenvalue weighted by Crippen LogP contribution is -2.57. The van der Waals surface area contributed by atoms with Crippen molar-refractivity contribution in [1.29, 1.82) is 0 Å². The van der Waals surface area contributed by atoms with Crippen molar-refractivity contribution in [3.05, 3.63) is 0 Å². The molecule has 12 N–H and O–H groups in total. The summed E-state index contributed by atoms with van der Waals surface area (Å²) in [6, 6.07) is -5.53. The quantitative estimate of drug-likeness (QED) is 0.0433. The summed E-state index contributed by atoms with van der Waals surface area (Å²) in [5.41, 5.74) is 5.98. The van der Waals surface area contributed by atoms with E-state index in [-0.39, 0.29) is 36.5 Å². The molecule has 6 atom stereocenters. The third kappa shape index (κ3) is 19.8. The zero-order valence-corrected chi connectivity index (χ0v) is 32.5. The highest BCUT2D eigenvalue weighted by Crippen LogP contribution is 2.09. The van der Waals surface area contributed by atoms with E-state index in [4.69, 9.17) is 10.8 Å². The molecule has 0 bridgehead atoms. The SMILES string of the molecule is CCC(C)C(N)C(=O)NC(C(=O)NCC(=O)NC(CC(C)C)C(=O)NCC(=O)NCC(=O)NC(CO)C(=O)NC(CC(C)C)C(=O)NCC(=O)O)C(C)C. The van der Waals surface area contributed by atoms with Crippen molar-refractivity contribution < 1.29 is 53.4 Å². The van der Waals surface area contributed by atoms with Crippen molar-refractivity contribution in [1.82, 2.24) is 42.5 Å². The molecule has 0 aromatic carbocycles. The molecule has 6 unspecified atom stereocenters.